The molecule has 0 amide bonds. The number of fused-ring (bicyclic) bond motifs is 1. The molecule has 1 N–H and O–H groups in total. The molecule has 3 heteroatoms. The molecule has 68 valence electrons. The lowest BCUT2D eigenvalue weighted by Crippen LogP contribution is -2.05. The summed E-state index contributed by atoms with van der Waals surface area (Å²) in [6, 6.07) is 6.15. The molecule has 2 aromatic rings. The third kappa shape index (κ3) is 1.31. The Morgan fingerprint density at radius 3 is 3.08 bits per heavy atom. The van der Waals surface area contributed by atoms with E-state index in [1.54, 1.807) is 0 Å². The first-order chi connectivity index (χ1) is 6.33. The number of nitrogens with one attached hydrogen (secondary N) is 1. The van der Waals surface area contributed by atoms with Crippen LogP contribution in [0, 0.1) is 6.92 Å². The molecule has 2 aromatic heterocycles. The van der Waals surface area contributed by atoms with Crippen LogP contribution in [0.25, 0.3) is 5.52 Å². The van der Waals surface area contributed by atoms with Crippen LogP contribution in [-0.4, -0.2) is 16.4 Å². The smallest absolute Gasteiger partial charge is 0.110 e. The van der Waals surface area contributed by atoms with Gasteiger partial charge in [-0.1, -0.05) is 6.07 Å². The predicted octanol–water partition coefficient (Wildman–Crippen LogP) is 1.36. The van der Waals surface area contributed by atoms with Gasteiger partial charge in [-0.2, -0.15) is 0 Å². The Morgan fingerprint density at radius 2 is 2.31 bits per heavy atom. The second-order valence-electron chi connectivity index (χ2n) is 3.09. The van der Waals surface area contributed by atoms with Crippen LogP contribution in [0.2, 0.25) is 0 Å². The molecular formula is C10H13N3. The fraction of sp³-hybridized carbons (Fsp3) is 0.300. The van der Waals surface area contributed by atoms with Gasteiger partial charge in [0, 0.05) is 12.7 Å². The molecule has 0 fully saturated rings. The van der Waals surface area contributed by atoms with E-state index in [9.17, 15) is 0 Å². The lowest BCUT2D eigenvalue weighted by atomic mass is 10.3. The fourth-order valence-corrected chi connectivity index (χ4v) is 1.56. The molecule has 13 heavy (non-hydrogen) atoms. The fourth-order valence-electron chi connectivity index (χ4n) is 1.56. The molecule has 0 saturated heterocycles. The minimum Gasteiger partial charge on any atom is -0.314 e. The summed E-state index contributed by atoms with van der Waals surface area (Å²) in [5, 5.41) is 3.11. The number of pyridine rings is 1. The molecule has 0 unspecified atom stereocenters. The van der Waals surface area contributed by atoms with Gasteiger partial charge in [0.2, 0.25) is 0 Å². The number of nitrogens with zero attached hydrogens (tertiary/aromatic N) is 2. The highest BCUT2D eigenvalue weighted by Gasteiger charge is 2.04. The first-order valence-corrected chi connectivity index (χ1v) is 4.40. The van der Waals surface area contributed by atoms with Crippen molar-refractivity contribution in [2.24, 2.45) is 0 Å². The van der Waals surface area contributed by atoms with Gasteiger partial charge in [-0.25, -0.2) is 4.98 Å². The van der Waals surface area contributed by atoms with Crippen molar-refractivity contribution in [3.05, 3.63) is 35.9 Å². The molecule has 0 aliphatic heterocycles. The second-order valence-corrected chi connectivity index (χ2v) is 3.09. The first-order valence-electron chi connectivity index (χ1n) is 4.40. The van der Waals surface area contributed by atoms with Crippen LogP contribution in [-0.2, 0) is 6.54 Å². The van der Waals surface area contributed by atoms with Crippen LogP contribution < -0.4 is 5.32 Å². The quantitative estimate of drug-likeness (QED) is 0.746. The summed E-state index contributed by atoms with van der Waals surface area (Å²) in [5.74, 6) is 1.04. The maximum absolute atomic E-state index is 4.48. The number of aromatic nitrogens is 2. The zero-order valence-corrected chi connectivity index (χ0v) is 7.91. The molecule has 2 rings (SSSR count). The van der Waals surface area contributed by atoms with Gasteiger partial charge in [0.05, 0.1) is 11.2 Å². The lowest BCUT2D eigenvalue weighted by Gasteiger charge is -1.96. The van der Waals surface area contributed by atoms with Crippen LogP contribution in [0.1, 0.15) is 11.5 Å². The summed E-state index contributed by atoms with van der Waals surface area (Å²) in [4.78, 5) is 4.48. The zero-order valence-electron chi connectivity index (χ0n) is 7.91. The van der Waals surface area contributed by atoms with Crippen LogP contribution in [0.3, 0.4) is 0 Å². The van der Waals surface area contributed by atoms with Crippen LogP contribution in [0.4, 0.5) is 0 Å². The summed E-state index contributed by atoms with van der Waals surface area (Å²) in [6.07, 6.45) is 2.04. The largest absolute Gasteiger partial charge is 0.314 e. The second kappa shape index (κ2) is 3.18. The van der Waals surface area contributed by atoms with Gasteiger partial charge in [0.1, 0.15) is 5.82 Å². The standard InChI is InChI=1S/C10H13N3/c1-8-12-9(7-11-2)10-5-3-4-6-13(8)10/h3-6,11H,7H2,1-2H3. The predicted molar refractivity (Wildman–Crippen MR) is 52.7 cm³/mol. The SMILES string of the molecule is CNCc1nc(C)n2ccccc12. The average molecular weight is 175 g/mol. The van der Waals surface area contributed by atoms with Crippen molar-refractivity contribution >= 4 is 5.52 Å². The monoisotopic (exact) mass is 175 g/mol. The Hall–Kier alpha value is -1.35. The third-order valence-corrected chi connectivity index (χ3v) is 2.15. The van der Waals surface area contributed by atoms with Gasteiger partial charge < -0.3 is 9.72 Å². The van der Waals surface area contributed by atoms with Gasteiger partial charge >= 0.3 is 0 Å². The minimum atomic E-state index is 0.821. The third-order valence-electron chi connectivity index (χ3n) is 2.15. The molecule has 3 nitrogen and oxygen atoms in total. The van der Waals surface area contributed by atoms with E-state index in [1.807, 2.05) is 32.3 Å². The molecule has 0 spiro atoms. The molecule has 0 atom stereocenters. The molecule has 0 aliphatic rings. The Balaban J connectivity index is 2.63. The summed E-state index contributed by atoms with van der Waals surface area (Å²) in [6.45, 7) is 2.84. The molecule has 0 aromatic carbocycles. The number of hydrogen-bond acceptors (Lipinski definition) is 2. The maximum Gasteiger partial charge on any atom is 0.110 e. The van der Waals surface area contributed by atoms with Crippen LogP contribution in [0.15, 0.2) is 24.4 Å². The van der Waals surface area contributed by atoms with E-state index in [0.29, 0.717) is 0 Å². The van der Waals surface area contributed by atoms with Gasteiger partial charge in [-0.15, -0.1) is 0 Å². The Labute approximate surface area is 77.4 Å². The normalized spacial score (nSPS) is 10.9. The van der Waals surface area contributed by atoms with Crippen molar-refractivity contribution in [1.29, 1.82) is 0 Å². The summed E-state index contributed by atoms with van der Waals surface area (Å²) < 4.78 is 2.10. The van der Waals surface area contributed by atoms with Gasteiger partial charge in [0.15, 0.2) is 0 Å². The van der Waals surface area contributed by atoms with Gasteiger partial charge in [-0.3, -0.25) is 0 Å². The van der Waals surface area contributed by atoms with Gasteiger partial charge in [-0.05, 0) is 26.1 Å². The summed E-state index contributed by atoms with van der Waals surface area (Å²) >= 11 is 0. The highest BCUT2D eigenvalue weighted by Crippen LogP contribution is 2.11. The molecule has 0 aliphatic carbocycles. The van der Waals surface area contributed by atoms with Gasteiger partial charge in [0.25, 0.3) is 0 Å². The maximum atomic E-state index is 4.48. The van der Waals surface area contributed by atoms with E-state index in [0.717, 1.165) is 18.1 Å². The summed E-state index contributed by atoms with van der Waals surface area (Å²) in [7, 11) is 1.93. The highest BCUT2D eigenvalue weighted by atomic mass is 15.0. The van der Waals surface area contributed by atoms with Crippen molar-refractivity contribution in [1.82, 2.24) is 14.7 Å². The van der Waals surface area contributed by atoms with E-state index < -0.39 is 0 Å². The lowest BCUT2D eigenvalue weighted by molar-refractivity contribution is 0.800. The zero-order chi connectivity index (χ0) is 9.26. The van der Waals surface area contributed by atoms with Crippen molar-refractivity contribution in [3.63, 3.8) is 0 Å². The molecule has 0 bridgehead atoms. The highest BCUT2D eigenvalue weighted by molar-refractivity contribution is 5.52. The molecule has 0 saturated carbocycles. The van der Waals surface area contributed by atoms with Crippen LogP contribution >= 0.6 is 0 Å². The minimum absolute atomic E-state index is 0.821. The molecular weight excluding hydrogens is 162 g/mol. The van der Waals surface area contributed by atoms with E-state index in [1.165, 1.54) is 5.52 Å². The first kappa shape index (κ1) is 8.26. The van der Waals surface area contributed by atoms with Crippen molar-refractivity contribution in [3.8, 4) is 0 Å². The van der Waals surface area contributed by atoms with Crippen molar-refractivity contribution in [2.45, 2.75) is 13.5 Å². The molecule has 2 heterocycles. The Bertz CT molecular complexity index is 417. The number of hydrogen-bond donors (Lipinski definition) is 1. The van der Waals surface area contributed by atoms with Crippen molar-refractivity contribution < 1.29 is 0 Å². The van der Waals surface area contributed by atoms with Crippen molar-refractivity contribution in [2.75, 3.05) is 7.05 Å². The number of rotatable bonds is 2. The van der Waals surface area contributed by atoms with E-state index in [2.05, 4.69) is 20.8 Å². The summed E-state index contributed by atoms with van der Waals surface area (Å²) in [5.41, 5.74) is 2.30. The topological polar surface area (TPSA) is 29.3 Å². The average Bonchev–Trinajstić information content (AvgIpc) is 2.46. The van der Waals surface area contributed by atoms with E-state index >= 15 is 0 Å². The van der Waals surface area contributed by atoms with E-state index in [-0.39, 0.29) is 0 Å². The van der Waals surface area contributed by atoms with E-state index in [4.69, 9.17) is 0 Å². The number of imidazole rings is 1. The Kier molecular flexibility index (Phi) is 2.02. The van der Waals surface area contributed by atoms with Crippen LogP contribution in [0.5, 0.6) is 0 Å². The number of aryl methyl sites for hydroxylation is 1. The Morgan fingerprint density at radius 1 is 1.46 bits per heavy atom. The molecule has 0 radical (unpaired) electrons.